The summed E-state index contributed by atoms with van der Waals surface area (Å²) in [4.78, 5) is 13.5. The lowest BCUT2D eigenvalue weighted by Crippen LogP contribution is -2.56. The highest BCUT2D eigenvalue weighted by atomic mass is 16.5. The lowest BCUT2D eigenvalue weighted by atomic mass is 9.99. The van der Waals surface area contributed by atoms with Crippen LogP contribution in [0.4, 0.5) is 0 Å². The van der Waals surface area contributed by atoms with Crippen molar-refractivity contribution in [3.63, 3.8) is 0 Å². The van der Waals surface area contributed by atoms with Gasteiger partial charge >= 0.3 is 5.97 Å². The summed E-state index contributed by atoms with van der Waals surface area (Å²) < 4.78 is 10.1. The first kappa shape index (κ1) is 12.5. The van der Waals surface area contributed by atoms with E-state index in [1.807, 2.05) is 0 Å². The molecule has 1 atom stereocenters. The number of methoxy groups -OCH3 is 1. The van der Waals surface area contributed by atoms with Crippen molar-refractivity contribution in [2.24, 2.45) is 0 Å². The maximum atomic E-state index is 11.2. The molecule has 0 N–H and O–H groups in total. The summed E-state index contributed by atoms with van der Waals surface area (Å²) in [5.74, 6) is -0.148. The first-order chi connectivity index (χ1) is 6.97. The summed E-state index contributed by atoms with van der Waals surface area (Å²) >= 11 is 0. The molecular weight excluding hydrogens is 194 g/mol. The molecule has 15 heavy (non-hydrogen) atoms. The fraction of sp³-hybridized carbons (Fsp3) is 0.909. The van der Waals surface area contributed by atoms with Gasteiger partial charge in [-0.05, 0) is 20.8 Å². The third kappa shape index (κ3) is 3.18. The van der Waals surface area contributed by atoms with Crippen LogP contribution in [0.2, 0.25) is 0 Å². The normalized spacial score (nSPS) is 23.5. The highest BCUT2D eigenvalue weighted by molar-refractivity contribution is 5.69. The lowest BCUT2D eigenvalue weighted by molar-refractivity contribution is -0.144. The van der Waals surface area contributed by atoms with Gasteiger partial charge in [0.15, 0.2) is 0 Å². The average molecular weight is 215 g/mol. The van der Waals surface area contributed by atoms with Gasteiger partial charge in [-0.15, -0.1) is 0 Å². The van der Waals surface area contributed by atoms with Crippen LogP contribution >= 0.6 is 0 Å². The van der Waals surface area contributed by atoms with E-state index in [4.69, 9.17) is 4.74 Å². The van der Waals surface area contributed by atoms with Gasteiger partial charge in [0.2, 0.25) is 0 Å². The molecule has 1 aliphatic rings. The zero-order valence-corrected chi connectivity index (χ0v) is 10.1. The van der Waals surface area contributed by atoms with E-state index in [0.717, 1.165) is 19.8 Å². The van der Waals surface area contributed by atoms with E-state index in [-0.39, 0.29) is 17.6 Å². The van der Waals surface area contributed by atoms with Crippen molar-refractivity contribution in [3.05, 3.63) is 0 Å². The van der Waals surface area contributed by atoms with Crippen LogP contribution in [-0.2, 0) is 14.3 Å². The number of esters is 1. The molecule has 1 rings (SSSR count). The van der Waals surface area contributed by atoms with Crippen LogP contribution in [0.5, 0.6) is 0 Å². The number of ether oxygens (including phenoxy) is 2. The third-order valence-corrected chi connectivity index (χ3v) is 2.93. The number of carbonyl (C=O) groups is 1. The van der Waals surface area contributed by atoms with Crippen LogP contribution in [0.1, 0.15) is 27.2 Å². The zero-order chi connectivity index (χ0) is 11.5. The molecule has 0 bridgehead atoms. The SMILES string of the molecule is COC(=O)CC(C)N1CCOCC1(C)C. The topological polar surface area (TPSA) is 38.8 Å². The Morgan fingerprint density at radius 1 is 1.60 bits per heavy atom. The Balaban J connectivity index is 2.56. The number of hydrogen-bond acceptors (Lipinski definition) is 4. The first-order valence-corrected chi connectivity index (χ1v) is 5.38. The van der Waals surface area contributed by atoms with E-state index in [9.17, 15) is 4.79 Å². The summed E-state index contributed by atoms with van der Waals surface area (Å²) in [6, 6.07) is 0.205. The van der Waals surface area contributed by atoms with Crippen LogP contribution in [-0.4, -0.2) is 49.3 Å². The molecule has 88 valence electrons. The molecule has 1 unspecified atom stereocenters. The summed E-state index contributed by atoms with van der Waals surface area (Å²) in [5.41, 5.74) is 0.00564. The first-order valence-electron chi connectivity index (χ1n) is 5.38. The van der Waals surface area contributed by atoms with Gasteiger partial charge in [0.1, 0.15) is 0 Å². The molecule has 0 aliphatic carbocycles. The monoisotopic (exact) mass is 215 g/mol. The van der Waals surface area contributed by atoms with Gasteiger partial charge in [0, 0.05) is 18.1 Å². The van der Waals surface area contributed by atoms with Crippen LogP contribution in [0.25, 0.3) is 0 Å². The van der Waals surface area contributed by atoms with Crippen molar-refractivity contribution in [2.45, 2.75) is 38.8 Å². The van der Waals surface area contributed by atoms with E-state index in [1.54, 1.807) is 0 Å². The van der Waals surface area contributed by atoms with Crippen LogP contribution in [0.3, 0.4) is 0 Å². The van der Waals surface area contributed by atoms with Gasteiger partial charge in [-0.25, -0.2) is 0 Å². The second-order valence-corrected chi connectivity index (χ2v) is 4.69. The maximum absolute atomic E-state index is 11.2. The second kappa shape index (κ2) is 4.94. The van der Waals surface area contributed by atoms with Gasteiger partial charge in [-0.1, -0.05) is 0 Å². The molecule has 4 heteroatoms. The Morgan fingerprint density at radius 2 is 2.27 bits per heavy atom. The predicted octanol–water partition coefficient (Wildman–Crippen LogP) is 1.05. The van der Waals surface area contributed by atoms with E-state index >= 15 is 0 Å². The molecule has 0 radical (unpaired) electrons. The van der Waals surface area contributed by atoms with Crippen molar-refractivity contribution in [2.75, 3.05) is 26.9 Å². The predicted molar refractivity (Wildman–Crippen MR) is 57.7 cm³/mol. The molecule has 1 heterocycles. The average Bonchev–Trinajstić information content (AvgIpc) is 2.16. The Labute approximate surface area is 91.5 Å². The third-order valence-electron chi connectivity index (χ3n) is 2.93. The Hall–Kier alpha value is -0.610. The molecule has 0 aromatic carbocycles. The highest BCUT2D eigenvalue weighted by Crippen LogP contribution is 2.23. The number of morpholine rings is 1. The maximum Gasteiger partial charge on any atom is 0.307 e. The number of hydrogen-bond donors (Lipinski definition) is 0. The van der Waals surface area contributed by atoms with Crippen LogP contribution in [0.15, 0.2) is 0 Å². The minimum Gasteiger partial charge on any atom is -0.469 e. The number of carbonyl (C=O) groups excluding carboxylic acids is 1. The summed E-state index contributed by atoms with van der Waals surface area (Å²) in [6.07, 6.45) is 0.444. The Morgan fingerprint density at radius 3 is 2.80 bits per heavy atom. The lowest BCUT2D eigenvalue weighted by Gasteiger charge is -2.45. The molecule has 1 aliphatic heterocycles. The van der Waals surface area contributed by atoms with Crippen LogP contribution < -0.4 is 0 Å². The molecule has 0 amide bonds. The van der Waals surface area contributed by atoms with Gasteiger partial charge in [-0.2, -0.15) is 0 Å². The van der Waals surface area contributed by atoms with Crippen molar-refractivity contribution in [3.8, 4) is 0 Å². The Kier molecular flexibility index (Phi) is 4.11. The summed E-state index contributed by atoms with van der Waals surface area (Å²) in [7, 11) is 1.43. The number of rotatable bonds is 3. The Bertz CT molecular complexity index is 228. The molecule has 1 saturated heterocycles. The minimum absolute atomic E-state index is 0.00564. The van der Waals surface area contributed by atoms with Gasteiger partial charge in [-0.3, -0.25) is 9.69 Å². The molecule has 0 aromatic heterocycles. The smallest absolute Gasteiger partial charge is 0.307 e. The van der Waals surface area contributed by atoms with Gasteiger partial charge in [0.25, 0.3) is 0 Å². The standard InChI is InChI=1S/C11H21NO3/c1-9(7-10(13)14-4)12-5-6-15-8-11(12,2)3/h9H,5-8H2,1-4H3. The molecule has 0 saturated carbocycles. The van der Waals surface area contributed by atoms with E-state index in [0.29, 0.717) is 6.42 Å². The molecule has 0 spiro atoms. The van der Waals surface area contributed by atoms with Crippen LogP contribution in [0, 0.1) is 0 Å². The van der Waals surface area contributed by atoms with Crippen molar-refractivity contribution in [1.29, 1.82) is 0 Å². The minimum atomic E-state index is -0.148. The number of nitrogens with zero attached hydrogens (tertiary/aromatic N) is 1. The van der Waals surface area contributed by atoms with Crippen molar-refractivity contribution >= 4 is 5.97 Å². The second-order valence-electron chi connectivity index (χ2n) is 4.69. The highest BCUT2D eigenvalue weighted by Gasteiger charge is 2.34. The zero-order valence-electron chi connectivity index (χ0n) is 10.1. The molecule has 4 nitrogen and oxygen atoms in total. The fourth-order valence-corrected chi connectivity index (χ4v) is 2.12. The fourth-order valence-electron chi connectivity index (χ4n) is 2.12. The van der Waals surface area contributed by atoms with Gasteiger partial charge < -0.3 is 9.47 Å². The quantitative estimate of drug-likeness (QED) is 0.660. The largest absolute Gasteiger partial charge is 0.469 e. The van der Waals surface area contributed by atoms with E-state index in [2.05, 4.69) is 30.4 Å². The van der Waals surface area contributed by atoms with Crippen molar-refractivity contribution < 1.29 is 14.3 Å². The molecule has 1 fully saturated rings. The molecular formula is C11H21NO3. The van der Waals surface area contributed by atoms with E-state index in [1.165, 1.54) is 7.11 Å². The van der Waals surface area contributed by atoms with Gasteiger partial charge in [0.05, 0.1) is 26.7 Å². The van der Waals surface area contributed by atoms with E-state index < -0.39 is 0 Å². The summed E-state index contributed by atoms with van der Waals surface area (Å²) in [6.45, 7) is 8.68. The molecule has 0 aromatic rings. The summed E-state index contributed by atoms with van der Waals surface area (Å²) in [5, 5.41) is 0. The van der Waals surface area contributed by atoms with Crippen molar-refractivity contribution in [1.82, 2.24) is 4.90 Å².